The molecule has 5 aromatic rings. The molecule has 0 spiro atoms. The van der Waals surface area contributed by atoms with Crippen molar-refractivity contribution in [3.05, 3.63) is 147 Å². The Bertz CT molecular complexity index is 1800. The second-order valence-corrected chi connectivity index (χ2v) is 10.8. The Balaban J connectivity index is 1.74. The Morgan fingerprint density at radius 3 is 1.92 bits per heavy atom. The fourth-order valence-electron chi connectivity index (χ4n) is 4.30. The lowest BCUT2D eigenvalue weighted by atomic mass is 10.1. The third-order valence-electron chi connectivity index (χ3n) is 6.21. The molecule has 0 radical (unpaired) electrons. The van der Waals surface area contributed by atoms with E-state index in [1.807, 2.05) is 71.6 Å². The quantitative estimate of drug-likeness (QED) is 0.254. The van der Waals surface area contributed by atoms with Gasteiger partial charge in [-0.3, -0.25) is 9.20 Å². The Morgan fingerprint density at radius 2 is 1.36 bits per heavy atom. The van der Waals surface area contributed by atoms with Crippen LogP contribution in [0.25, 0.3) is 11.7 Å². The summed E-state index contributed by atoms with van der Waals surface area (Å²) in [4.78, 5) is 20.0. The molecule has 0 bridgehead atoms. The minimum absolute atomic E-state index is 0.0154. The molecule has 39 heavy (non-hydrogen) atoms. The van der Waals surface area contributed by atoms with Gasteiger partial charge in [-0.2, -0.15) is 5.26 Å². The number of fused-ring (bicyclic) bond motifs is 1. The van der Waals surface area contributed by atoms with Gasteiger partial charge in [0.05, 0.1) is 10.5 Å². The van der Waals surface area contributed by atoms with E-state index in [2.05, 4.69) is 0 Å². The highest BCUT2D eigenvalue weighted by atomic mass is 32.2. The van der Waals surface area contributed by atoms with Crippen LogP contribution in [0.1, 0.15) is 16.7 Å². The zero-order valence-electron chi connectivity index (χ0n) is 20.9. The summed E-state index contributed by atoms with van der Waals surface area (Å²) in [5, 5.41) is 9.95. The first-order valence-corrected chi connectivity index (χ1v) is 13.7. The van der Waals surface area contributed by atoms with Crippen LogP contribution in [-0.4, -0.2) is 17.8 Å². The number of nitriles is 1. The van der Waals surface area contributed by atoms with Crippen LogP contribution < -0.4 is 10.5 Å². The van der Waals surface area contributed by atoms with E-state index in [0.29, 0.717) is 18.7 Å². The number of pyridine rings is 1. The molecule has 192 valence electrons. The second-order valence-electron chi connectivity index (χ2n) is 8.85. The average Bonchev–Trinajstić information content (AvgIpc) is 2.98. The number of hydrogen-bond donors (Lipinski definition) is 0. The number of aromatic nitrogens is 2. The Kier molecular flexibility index (Phi) is 7.34. The van der Waals surface area contributed by atoms with Crippen LogP contribution in [-0.2, 0) is 22.9 Å². The van der Waals surface area contributed by atoms with Gasteiger partial charge in [0.1, 0.15) is 22.4 Å². The zero-order valence-corrected chi connectivity index (χ0v) is 21.7. The van der Waals surface area contributed by atoms with Crippen LogP contribution >= 0.6 is 0 Å². The molecule has 0 aliphatic heterocycles. The third-order valence-corrected chi connectivity index (χ3v) is 7.89. The Labute approximate surface area is 226 Å². The molecule has 0 saturated carbocycles. The summed E-state index contributed by atoms with van der Waals surface area (Å²) >= 11 is 0. The molecule has 0 unspecified atom stereocenters. The number of rotatable bonds is 8. The molecule has 5 rings (SSSR count). The molecule has 2 heterocycles. The van der Waals surface area contributed by atoms with Gasteiger partial charge in [0.25, 0.3) is 5.56 Å². The number of benzene rings is 3. The Morgan fingerprint density at radius 1 is 0.821 bits per heavy atom. The summed E-state index contributed by atoms with van der Waals surface area (Å²) in [5.41, 5.74) is 1.91. The highest BCUT2D eigenvalue weighted by molar-refractivity contribution is 7.95. The summed E-state index contributed by atoms with van der Waals surface area (Å²) in [6.45, 7) is 0.804. The molecule has 0 amide bonds. The first-order valence-electron chi connectivity index (χ1n) is 12.2. The maximum Gasteiger partial charge on any atom is 0.267 e. The van der Waals surface area contributed by atoms with Gasteiger partial charge in [-0.15, -0.1) is 0 Å². The first kappa shape index (κ1) is 25.6. The molecule has 0 N–H and O–H groups in total. The molecule has 2 aromatic heterocycles. The van der Waals surface area contributed by atoms with Crippen molar-refractivity contribution in [2.24, 2.45) is 0 Å². The highest BCUT2D eigenvalue weighted by Crippen LogP contribution is 2.26. The maximum absolute atomic E-state index is 13.8. The molecular weight excluding hydrogens is 508 g/mol. The maximum atomic E-state index is 13.8. The SMILES string of the molecule is N#CC(=Cc1c(N(Cc2ccccc2)Cc2ccccc2)nc2ccccn2c1=O)S(=O)(=O)c1ccccc1. The first-order chi connectivity index (χ1) is 19.0. The summed E-state index contributed by atoms with van der Waals surface area (Å²) in [6.07, 6.45) is 2.72. The van der Waals surface area contributed by atoms with E-state index < -0.39 is 20.3 Å². The summed E-state index contributed by atoms with van der Waals surface area (Å²) in [5.74, 6) is 0.287. The van der Waals surface area contributed by atoms with Gasteiger partial charge >= 0.3 is 0 Å². The van der Waals surface area contributed by atoms with Crippen molar-refractivity contribution in [1.82, 2.24) is 9.38 Å². The van der Waals surface area contributed by atoms with Crippen molar-refractivity contribution in [2.45, 2.75) is 18.0 Å². The van der Waals surface area contributed by atoms with E-state index in [4.69, 9.17) is 4.98 Å². The summed E-state index contributed by atoms with van der Waals surface area (Å²) in [6, 6.07) is 34.2. The average molecular weight is 533 g/mol. The van der Waals surface area contributed by atoms with E-state index in [-0.39, 0.29) is 16.3 Å². The standard InChI is InChI=1S/C31H24N4O3S/c32-21-27(39(37,38)26-16-8-3-9-17-26)20-28-30(33-29-18-10-11-19-35(29)31(28)36)34(22-24-12-4-1-5-13-24)23-25-14-6-2-7-15-25/h1-20H,22-23H2. The van der Waals surface area contributed by atoms with E-state index in [1.54, 1.807) is 42.6 Å². The number of anilines is 1. The minimum atomic E-state index is -4.17. The molecule has 0 aliphatic carbocycles. The normalized spacial score (nSPS) is 11.7. The van der Waals surface area contributed by atoms with Crippen LogP contribution in [0.15, 0.2) is 130 Å². The lowest BCUT2D eigenvalue weighted by Crippen LogP contribution is -2.29. The van der Waals surface area contributed by atoms with Crippen LogP contribution in [0.2, 0.25) is 0 Å². The topological polar surface area (TPSA) is 95.5 Å². The fourth-order valence-corrected chi connectivity index (χ4v) is 5.46. The van der Waals surface area contributed by atoms with Crippen molar-refractivity contribution >= 4 is 27.4 Å². The van der Waals surface area contributed by atoms with Gasteiger partial charge in [0.15, 0.2) is 0 Å². The predicted molar refractivity (Wildman–Crippen MR) is 151 cm³/mol. The van der Waals surface area contributed by atoms with Gasteiger partial charge in [-0.05, 0) is 41.5 Å². The van der Waals surface area contributed by atoms with Crippen molar-refractivity contribution in [2.75, 3.05) is 4.90 Å². The second kappa shape index (κ2) is 11.2. The van der Waals surface area contributed by atoms with Gasteiger partial charge in [0.2, 0.25) is 9.84 Å². The molecule has 0 fully saturated rings. The third kappa shape index (κ3) is 5.49. The minimum Gasteiger partial charge on any atom is -0.347 e. The van der Waals surface area contributed by atoms with Crippen molar-refractivity contribution in [3.8, 4) is 6.07 Å². The molecular formula is C31H24N4O3S. The summed E-state index contributed by atoms with van der Waals surface area (Å²) < 4.78 is 28.1. The van der Waals surface area contributed by atoms with Crippen LogP contribution in [0, 0.1) is 11.3 Å². The zero-order chi connectivity index (χ0) is 27.2. The van der Waals surface area contributed by atoms with E-state index >= 15 is 0 Å². The monoisotopic (exact) mass is 532 g/mol. The fraction of sp³-hybridized carbons (Fsp3) is 0.0645. The molecule has 0 aliphatic rings. The molecule has 7 nitrogen and oxygen atoms in total. The molecule has 3 aromatic carbocycles. The molecule has 0 saturated heterocycles. The number of hydrogen-bond acceptors (Lipinski definition) is 6. The van der Waals surface area contributed by atoms with Crippen molar-refractivity contribution < 1.29 is 8.42 Å². The smallest absolute Gasteiger partial charge is 0.267 e. The lowest BCUT2D eigenvalue weighted by Gasteiger charge is -2.26. The largest absolute Gasteiger partial charge is 0.347 e. The van der Waals surface area contributed by atoms with Gasteiger partial charge in [-0.1, -0.05) is 84.9 Å². The van der Waals surface area contributed by atoms with Crippen LogP contribution in [0.3, 0.4) is 0 Å². The lowest BCUT2D eigenvalue weighted by molar-refractivity contribution is 0.603. The van der Waals surface area contributed by atoms with Crippen molar-refractivity contribution in [1.29, 1.82) is 5.26 Å². The van der Waals surface area contributed by atoms with E-state index in [0.717, 1.165) is 17.2 Å². The highest BCUT2D eigenvalue weighted by Gasteiger charge is 2.24. The van der Waals surface area contributed by atoms with Gasteiger partial charge in [0, 0.05) is 19.3 Å². The van der Waals surface area contributed by atoms with Crippen molar-refractivity contribution in [3.63, 3.8) is 0 Å². The number of allylic oxidation sites excluding steroid dienone is 1. The Hall–Kier alpha value is -5.00. The predicted octanol–water partition coefficient (Wildman–Crippen LogP) is 5.24. The molecule has 8 heteroatoms. The van der Waals surface area contributed by atoms with E-state index in [1.165, 1.54) is 16.5 Å². The van der Waals surface area contributed by atoms with Gasteiger partial charge < -0.3 is 4.90 Å². The number of sulfone groups is 1. The van der Waals surface area contributed by atoms with E-state index in [9.17, 15) is 18.5 Å². The molecule has 0 atom stereocenters. The van der Waals surface area contributed by atoms with Crippen LogP contribution in [0.4, 0.5) is 5.82 Å². The van der Waals surface area contributed by atoms with Gasteiger partial charge in [-0.25, -0.2) is 13.4 Å². The number of nitrogens with zero attached hydrogens (tertiary/aromatic N) is 4. The summed E-state index contributed by atoms with van der Waals surface area (Å²) in [7, 11) is -4.17. The van der Waals surface area contributed by atoms with Crippen LogP contribution in [0.5, 0.6) is 0 Å².